The summed E-state index contributed by atoms with van der Waals surface area (Å²) in [5.74, 6) is -1.14. The van der Waals surface area contributed by atoms with E-state index in [1.807, 2.05) is 0 Å². The van der Waals surface area contributed by atoms with Crippen molar-refractivity contribution in [1.82, 2.24) is 0 Å². The van der Waals surface area contributed by atoms with Crippen LogP contribution in [0.1, 0.15) is 11.1 Å². The van der Waals surface area contributed by atoms with Gasteiger partial charge in [-0.2, -0.15) is 0 Å². The molecule has 0 radical (unpaired) electrons. The Kier molecular flexibility index (Phi) is 3.84. The maximum Gasteiger partial charge on any atom is 0.314 e. The van der Waals surface area contributed by atoms with E-state index < -0.39 is 22.2 Å². The molecule has 0 amide bonds. The highest BCUT2D eigenvalue weighted by atomic mass is 19.1. The van der Waals surface area contributed by atoms with E-state index in [-0.39, 0.29) is 11.6 Å². The molecule has 0 aromatic heterocycles. The van der Waals surface area contributed by atoms with Crippen molar-refractivity contribution in [1.29, 1.82) is 5.41 Å². The summed E-state index contributed by atoms with van der Waals surface area (Å²) in [6.45, 7) is 1.71. The number of nitrogens with zero attached hydrogens (tertiary/aromatic N) is 1. The molecule has 2 rings (SSSR count). The van der Waals surface area contributed by atoms with E-state index in [4.69, 9.17) is 15.9 Å². The minimum absolute atomic E-state index is 0.101. The number of rotatable bonds is 4. The Labute approximate surface area is 119 Å². The second-order valence-corrected chi connectivity index (χ2v) is 4.34. The lowest BCUT2D eigenvalue weighted by atomic mass is 10.1. The molecule has 108 valence electrons. The Morgan fingerprint density at radius 2 is 2.10 bits per heavy atom. The van der Waals surface area contributed by atoms with Crippen LogP contribution in [-0.4, -0.2) is 10.8 Å². The van der Waals surface area contributed by atoms with Gasteiger partial charge in [0.2, 0.25) is 5.75 Å². The fourth-order valence-electron chi connectivity index (χ4n) is 1.86. The van der Waals surface area contributed by atoms with Crippen LogP contribution < -0.4 is 10.5 Å². The molecule has 0 saturated heterocycles. The average molecular weight is 289 g/mol. The number of ether oxygens (including phenoxy) is 1. The fraction of sp³-hybridized carbons (Fsp3) is 0.0714. The van der Waals surface area contributed by atoms with Crippen LogP contribution in [0.15, 0.2) is 36.4 Å². The highest BCUT2D eigenvalue weighted by Crippen LogP contribution is 2.34. The van der Waals surface area contributed by atoms with Gasteiger partial charge in [0.05, 0.1) is 4.92 Å². The van der Waals surface area contributed by atoms with Crippen LogP contribution >= 0.6 is 0 Å². The first kappa shape index (κ1) is 14.4. The van der Waals surface area contributed by atoms with Gasteiger partial charge < -0.3 is 10.5 Å². The molecular weight excluding hydrogens is 277 g/mol. The third-order valence-corrected chi connectivity index (χ3v) is 2.85. The Morgan fingerprint density at radius 3 is 2.67 bits per heavy atom. The van der Waals surface area contributed by atoms with Crippen molar-refractivity contribution >= 4 is 11.5 Å². The zero-order valence-electron chi connectivity index (χ0n) is 11.1. The third kappa shape index (κ3) is 2.97. The first-order valence-electron chi connectivity index (χ1n) is 5.96. The number of amidine groups is 1. The zero-order valence-corrected chi connectivity index (χ0v) is 11.1. The molecule has 0 aliphatic rings. The number of nitro groups is 1. The molecule has 0 fully saturated rings. The molecule has 2 aromatic carbocycles. The molecule has 7 heteroatoms. The minimum atomic E-state index is -0.822. The first-order chi connectivity index (χ1) is 9.90. The van der Waals surface area contributed by atoms with Crippen LogP contribution in [0.3, 0.4) is 0 Å². The van der Waals surface area contributed by atoms with E-state index in [0.29, 0.717) is 11.1 Å². The molecule has 0 bridgehead atoms. The molecule has 0 spiro atoms. The highest BCUT2D eigenvalue weighted by Gasteiger charge is 2.20. The molecule has 0 atom stereocenters. The second-order valence-electron chi connectivity index (χ2n) is 4.34. The quantitative estimate of drug-likeness (QED) is 0.390. The van der Waals surface area contributed by atoms with Gasteiger partial charge >= 0.3 is 5.69 Å². The molecule has 6 nitrogen and oxygen atoms in total. The minimum Gasteiger partial charge on any atom is -0.447 e. The van der Waals surface area contributed by atoms with Crippen molar-refractivity contribution < 1.29 is 14.1 Å². The Balaban J connectivity index is 2.41. The summed E-state index contributed by atoms with van der Waals surface area (Å²) < 4.78 is 19.0. The van der Waals surface area contributed by atoms with Gasteiger partial charge in [0, 0.05) is 11.6 Å². The van der Waals surface area contributed by atoms with Crippen molar-refractivity contribution in [2.45, 2.75) is 6.92 Å². The summed E-state index contributed by atoms with van der Waals surface area (Å²) >= 11 is 0. The van der Waals surface area contributed by atoms with Crippen LogP contribution in [0, 0.1) is 28.3 Å². The number of nitro benzene ring substituents is 1. The Bertz CT molecular complexity index is 731. The summed E-state index contributed by atoms with van der Waals surface area (Å²) in [6.07, 6.45) is 0. The standard InChI is InChI=1S/C14H12FN3O3/c1-8-7-9(5-6-10(8)14(16)17)21-13-11(15)3-2-4-12(13)18(19)20/h2-7H,1H3,(H3,16,17). The van der Waals surface area contributed by atoms with Gasteiger partial charge in [-0.25, -0.2) is 4.39 Å². The monoisotopic (exact) mass is 289 g/mol. The number of benzene rings is 2. The fourth-order valence-corrected chi connectivity index (χ4v) is 1.86. The maximum atomic E-state index is 13.7. The van der Waals surface area contributed by atoms with E-state index in [1.54, 1.807) is 13.0 Å². The van der Waals surface area contributed by atoms with Crippen molar-refractivity contribution in [2.24, 2.45) is 5.73 Å². The van der Waals surface area contributed by atoms with Crippen LogP contribution in [-0.2, 0) is 0 Å². The lowest BCUT2D eigenvalue weighted by Gasteiger charge is -2.10. The zero-order chi connectivity index (χ0) is 15.6. The van der Waals surface area contributed by atoms with E-state index >= 15 is 0 Å². The number of para-hydroxylation sites is 1. The predicted molar refractivity (Wildman–Crippen MR) is 75.3 cm³/mol. The molecular formula is C14H12FN3O3. The number of nitrogens with one attached hydrogen (secondary N) is 1. The predicted octanol–water partition coefficient (Wildman–Crippen LogP) is 3.12. The van der Waals surface area contributed by atoms with Crippen LogP contribution in [0.4, 0.5) is 10.1 Å². The van der Waals surface area contributed by atoms with Gasteiger partial charge in [-0.3, -0.25) is 15.5 Å². The molecule has 0 aliphatic carbocycles. The lowest BCUT2D eigenvalue weighted by Crippen LogP contribution is -2.12. The number of aryl methyl sites for hydroxylation is 1. The first-order valence-corrected chi connectivity index (χ1v) is 5.96. The summed E-state index contributed by atoms with van der Waals surface area (Å²) in [5.41, 5.74) is 6.11. The second kappa shape index (κ2) is 5.58. The Hall–Kier alpha value is -2.96. The SMILES string of the molecule is Cc1cc(Oc2c(F)cccc2[N+](=O)[O-])ccc1C(=N)N. The molecule has 0 unspecified atom stereocenters. The number of nitrogens with two attached hydrogens (primary N) is 1. The smallest absolute Gasteiger partial charge is 0.314 e. The molecule has 0 saturated carbocycles. The van der Waals surface area contributed by atoms with Gasteiger partial charge in [-0.05, 0) is 36.8 Å². The van der Waals surface area contributed by atoms with Crippen LogP contribution in [0.5, 0.6) is 11.5 Å². The van der Waals surface area contributed by atoms with Crippen LogP contribution in [0.2, 0.25) is 0 Å². The van der Waals surface area contributed by atoms with E-state index in [1.165, 1.54) is 18.2 Å². The topological polar surface area (TPSA) is 102 Å². The highest BCUT2D eigenvalue weighted by molar-refractivity contribution is 5.96. The van der Waals surface area contributed by atoms with Crippen molar-refractivity contribution in [3.8, 4) is 11.5 Å². The number of nitrogen functional groups attached to an aromatic ring is 1. The van der Waals surface area contributed by atoms with Gasteiger partial charge in [-0.15, -0.1) is 0 Å². The van der Waals surface area contributed by atoms with E-state index in [2.05, 4.69) is 0 Å². The normalized spacial score (nSPS) is 10.2. The Morgan fingerprint density at radius 1 is 1.38 bits per heavy atom. The maximum absolute atomic E-state index is 13.7. The molecule has 21 heavy (non-hydrogen) atoms. The third-order valence-electron chi connectivity index (χ3n) is 2.85. The molecule has 2 aromatic rings. The number of hydrogen-bond acceptors (Lipinski definition) is 4. The van der Waals surface area contributed by atoms with E-state index in [0.717, 1.165) is 12.1 Å². The lowest BCUT2D eigenvalue weighted by molar-refractivity contribution is -0.385. The summed E-state index contributed by atoms with van der Waals surface area (Å²) in [7, 11) is 0. The van der Waals surface area contributed by atoms with Crippen molar-refractivity contribution in [3.63, 3.8) is 0 Å². The molecule has 0 heterocycles. The van der Waals surface area contributed by atoms with Gasteiger partial charge in [0.15, 0.2) is 5.82 Å². The summed E-state index contributed by atoms with van der Waals surface area (Å²) in [5, 5.41) is 18.3. The number of halogens is 1. The van der Waals surface area contributed by atoms with Crippen molar-refractivity contribution in [2.75, 3.05) is 0 Å². The summed E-state index contributed by atoms with van der Waals surface area (Å²) in [6, 6.07) is 8.03. The molecule has 0 aliphatic heterocycles. The molecule has 3 N–H and O–H groups in total. The van der Waals surface area contributed by atoms with Gasteiger partial charge in [-0.1, -0.05) is 6.07 Å². The largest absolute Gasteiger partial charge is 0.447 e. The number of hydrogen-bond donors (Lipinski definition) is 2. The van der Waals surface area contributed by atoms with E-state index in [9.17, 15) is 14.5 Å². The van der Waals surface area contributed by atoms with Crippen LogP contribution in [0.25, 0.3) is 0 Å². The average Bonchev–Trinajstić information content (AvgIpc) is 2.40. The van der Waals surface area contributed by atoms with Gasteiger partial charge in [0.1, 0.15) is 11.6 Å². The van der Waals surface area contributed by atoms with Gasteiger partial charge in [0.25, 0.3) is 0 Å². The summed E-state index contributed by atoms with van der Waals surface area (Å²) in [4.78, 5) is 10.2. The van der Waals surface area contributed by atoms with Crippen molar-refractivity contribution in [3.05, 3.63) is 63.5 Å².